The van der Waals surface area contributed by atoms with E-state index in [2.05, 4.69) is 4.98 Å². The number of rotatable bonds is 4. The summed E-state index contributed by atoms with van der Waals surface area (Å²) >= 11 is 0. The number of alkyl halides is 1. The van der Waals surface area contributed by atoms with Gasteiger partial charge in [-0.3, -0.25) is 0 Å². The van der Waals surface area contributed by atoms with E-state index in [1.54, 1.807) is 0 Å². The molecule has 122 valence electrons. The van der Waals surface area contributed by atoms with E-state index in [1.807, 2.05) is 27.7 Å². The molecule has 1 fully saturated rings. The average Bonchev–Trinajstić information content (AvgIpc) is 2.61. The highest BCUT2D eigenvalue weighted by Gasteiger charge is 2.52. The molecule has 1 aliphatic heterocycles. The van der Waals surface area contributed by atoms with Crippen LogP contribution in [0.5, 0.6) is 5.88 Å². The fourth-order valence-electron chi connectivity index (χ4n) is 1.91. The Morgan fingerprint density at radius 2 is 1.77 bits per heavy atom. The summed E-state index contributed by atoms with van der Waals surface area (Å²) in [5.74, 6) is -0.906. The van der Waals surface area contributed by atoms with E-state index in [-0.39, 0.29) is 5.88 Å². The first-order chi connectivity index (χ1) is 9.97. The van der Waals surface area contributed by atoms with Gasteiger partial charge in [-0.2, -0.15) is 0 Å². The van der Waals surface area contributed by atoms with Crippen LogP contribution in [-0.4, -0.2) is 35.6 Å². The zero-order chi connectivity index (χ0) is 16.8. The molecule has 2 heterocycles. The van der Waals surface area contributed by atoms with Gasteiger partial charge in [-0.05, 0) is 47.6 Å². The Balaban J connectivity index is 2.21. The van der Waals surface area contributed by atoms with Crippen molar-refractivity contribution in [3.05, 3.63) is 18.1 Å². The minimum atomic E-state index is -1.13. The number of hydrogen-bond donors (Lipinski definition) is 0. The van der Waals surface area contributed by atoms with E-state index in [0.717, 1.165) is 0 Å². The second-order valence-corrected chi connectivity index (χ2v) is 7.14. The molecule has 0 unspecified atom stereocenters. The van der Waals surface area contributed by atoms with E-state index in [0.29, 0.717) is 5.46 Å². The van der Waals surface area contributed by atoms with E-state index < -0.39 is 36.4 Å². The van der Waals surface area contributed by atoms with Gasteiger partial charge in [0.05, 0.1) is 11.2 Å². The van der Waals surface area contributed by atoms with Gasteiger partial charge in [0.15, 0.2) is 5.82 Å². The molecule has 2 rings (SSSR count). The molecule has 0 saturated carbocycles. The Bertz CT molecular complexity index is 548. The summed E-state index contributed by atoms with van der Waals surface area (Å²) in [6.45, 7) is 9.96. The van der Waals surface area contributed by atoms with Crippen LogP contribution in [0.2, 0.25) is 0 Å². The van der Waals surface area contributed by atoms with Crippen molar-refractivity contribution >= 4 is 12.6 Å². The van der Waals surface area contributed by atoms with Gasteiger partial charge in [-0.25, -0.2) is 13.8 Å². The lowest BCUT2D eigenvalue weighted by Gasteiger charge is -2.32. The molecular formula is C15H22BF2NO3. The summed E-state index contributed by atoms with van der Waals surface area (Å²) in [7, 11) is -0.699. The van der Waals surface area contributed by atoms with E-state index >= 15 is 0 Å². The molecule has 0 bridgehead atoms. The molecule has 1 aliphatic rings. The van der Waals surface area contributed by atoms with Crippen LogP contribution in [0.1, 0.15) is 41.5 Å². The van der Waals surface area contributed by atoms with Crippen LogP contribution in [0, 0.1) is 5.82 Å². The molecule has 0 spiro atoms. The number of halogens is 2. The van der Waals surface area contributed by atoms with Gasteiger partial charge < -0.3 is 14.0 Å². The molecule has 0 N–H and O–H groups in total. The van der Waals surface area contributed by atoms with Crippen LogP contribution < -0.4 is 10.2 Å². The van der Waals surface area contributed by atoms with E-state index in [1.165, 1.54) is 26.1 Å². The van der Waals surface area contributed by atoms with Gasteiger partial charge in [-0.15, -0.1) is 0 Å². The normalized spacial score (nSPS) is 20.3. The zero-order valence-electron chi connectivity index (χ0n) is 13.9. The molecule has 0 atom stereocenters. The Hall–Kier alpha value is -1.21. The third kappa shape index (κ3) is 3.25. The lowest BCUT2D eigenvalue weighted by molar-refractivity contribution is 0.00578. The number of nitrogens with zero attached hydrogens (tertiary/aromatic N) is 1. The number of pyridine rings is 1. The first-order valence-corrected chi connectivity index (χ1v) is 7.23. The van der Waals surface area contributed by atoms with Crippen LogP contribution in [0.15, 0.2) is 12.3 Å². The summed E-state index contributed by atoms with van der Waals surface area (Å²) in [5, 5.41) is 0. The fourth-order valence-corrected chi connectivity index (χ4v) is 1.91. The first kappa shape index (κ1) is 17.2. The van der Waals surface area contributed by atoms with Gasteiger partial charge in [0, 0.05) is 11.7 Å². The van der Waals surface area contributed by atoms with Crippen LogP contribution in [0.4, 0.5) is 8.78 Å². The maximum atomic E-state index is 14.1. The topological polar surface area (TPSA) is 40.6 Å². The van der Waals surface area contributed by atoms with Crippen molar-refractivity contribution in [1.29, 1.82) is 0 Å². The highest BCUT2D eigenvalue weighted by Crippen LogP contribution is 2.36. The average molecular weight is 313 g/mol. The minimum Gasteiger partial charge on any atom is -0.467 e. The van der Waals surface area contributed by atoms with Crippen LogP contribution >= 0.6 is 0 Å². The smallest absolute Gasteiger partial charge is 0.467 e. The van der Waals surface area contributed by atoms with Crippen LogP contribution in [-0.2, 0) is 9.31 Å². The van der Waals surface area contributed by atoms with Crippen LogP contribution in [0.3, 0.4) is 0 Å². The largest absolute Gasteiger partial charge is 0.496 e. The maximum Gasteiger partial charge on any atom is 0.496 e. The van der Waals surface area contributed by atoms with E-state index in [9.17, 15) is 8.78 Å². The van der Waals surface area contributed by atoms with Gasteiger partial charge in [0.25, 0.3) is 5.88 Å². The summed E-state index contributed by atoms with van der Waals surface area (Å²) < 4.78 is 43.8. The molecule has 1 saturated heterocycles. The second kappa shape index (κ2) is 5.46. The standard InChI is InChI=1S/C15H22BF2NO3/c1-13(2,9-17)20-12-11(18)7-10(8-19-12)16-21-14(3,4)15(5,6)22-16/h7-8H,9H2,1-6H3. The molecular weight excluding hydrogens is 291 g/mol. The maximum absolute atomic E-state index is 14.1. The molecule has 0 radical (unpaired) electrons. The first-order valence-electron chi connectivity index (χ1n) is 7.23. The predicted octanol–water partition coefficient (Wildman–Crippen LogP) is 2.65. The summed E-state index contributed by atoms with van der Waals surface area (Å²) in [6.07, 6.45) is 1.43. The van der Waals surface area contributed by atoms with Crippen molar-refractivity contribution in [2.75, 3.05) is 6.67 Å². The zero-order valence-corrected chi connectivity index (χ0v) is 13.9. The van der Waals surface area contributed by atoms with Crippen molar-refractivity contribution in [2.45, 2.75) is 58.3 Å². The van der Waals surface area contributed by atoms with Crippen molar-refractivity contribution in [3.63, 3.8) is 0 Å². The number of aromatic nitrogens is 1. The van der Waals surface area contributed by atoms with Gasteiger partial charge in [-0.1, -0.05) is 0 Å². The van der Waals surface area contributed by atoms with Gasteiger partial charge >= 0.3 is 7.12 Å². The Morgan fingerprint density at radius 1 is 1.23 bits per heavy atom. The Labute approximate surface area is 130 Å². The molecule has 7 heteroatoms. The van der Waals surface area contributed by atoms with Gasteiger partial charge in [0.2, 0.25) is 0 Å². The van der Waals surface area contributed by atoms with Crippen molar-refractivity contribution in [1.82, 2.24) is 4.98 Å². The highest BCUT2D eigenvalue weighted by molar-refractivity contribution is 6.62. The summed E-state index contributed by atoms with van der Waals surface area (Å²) in [6, 6.07) is 1.25. The summed E-state index contributed by atoms with van der Waals surface area (Å²) in [5.41, 5.74) is -1.69. The number of ether oxygens (including phenoxy) is 1. The van der Waals surface area contributed by atoms with Crippen molar-refractivity contribution in [2.24, 2.45) is 0 Å². The minimum absolute atomic E-state index is 0.233. The lowest BCUT2D eigenvalue weighted by atomic mass is 9.80. The number of hydrogen-bond acceptors (Lipinski definition) is 4. The Kier molecular flexibility index (Phi) is 4.26. The molecule has 0 aromatic carbocycles. The summed E-state index contributed by atoms with van der Waals surface area (Å²) in [4.78, 5) is 3.93. The van der Waals surface area contributed by atoms with E-state index in [4.69, 9.17) is 14.0 Å². The monoisotopic (exact) mass is 313 g/mol. The molecule has 22 heavy (non-hydrogen) atoms. The highest BCUT2D eigenvalue weighted by atomic mass is 19.1. The molecule has 0 amide bonds. The van der Waals surface area contributed by atoms with Crippen molar-refractivity contribution in [3.8, 4) is 5.88 Å². The molecule has 1 aromatic heterocycles. The predicted molar refractivity (Wildman–Crippen MR) is 80.6 cm³/mol. The van der Waals surface area contributed by atoms with Crippen LogP contribution in [0.25, 0.3) is 0 Å². The SMILES string of the molecule is CC(C)(CF)Oc1ncc(B2OC(C)(C)C(C)(C)O2)cc1F. The van der Waals surface area contributed by atoms with Gasteiger partial charge in [0.1, 0.15) is 12.3 Å². The Morgan fingerprint density at radius 3 is 2.23 bits per heavy atom. The quantitative estimate of drug-likeness (QED) is 0.801. The fraction of sp³-hybridized carbons (Fsp3) is 0.667. The third-order valence-electron chi connectivity index (χ3n) is 4.05. The van der Waals surface area contributed by atoms with Crippen molar-refractivity contribution < 1.29 is 22.8 Å². The molecule has 1 aromatic rings. The molecule has 0 aliphatic carbocycles. The third-order valence-corrected chi connectivity index (χ3v) is 4.05. The lowest BCUT2D eigenvalue weighted by Crippen LogP contribution is -2.41. The second-order valence-electron chi connectivity index (χ2n) is 7.14. The molecule has 4 nitrogen and oxygen atoms in total.